The number of carboxylic acids is 1. The standard InChI is InChI=1S/C19H28O6/c1-9-4-15-13(18(9)23)3-2-10-5-11(20)6-12(21)7-17(22)16(19(24)25)8-14(10)15/h2-3,8-15,17-18,20-23H,4-7H2,1H3,(H,24,25)/b16-8+/t9-,10+,11+,12+,13-,14-,15-,17-,18-/m0/s1. The molecule has 0 amide bonds. The predicted octanol–water partition coefficient (Wildman–Crippen LogP) is 0.699. The van der Waals surface area contributed by atoms with Crippen LogP contribution in [0, 0.1) is 29.6 Å². The zero-order valence-electron chi connectivity index (χ0n) is 14.4. The third-order valence-corrected chi connectivity index (χ3v) is 6.25. The number of aliphatic carboxylic acids is 1. The van der Waals surface area contributed by atoms with Crippen molar-refractivity contribution < 1.29 is 30.3 Å². The third kappa shape index (κ3) is 3.67. The first-order chi connectivity index (χ1) is 11.8. The molecular weight excluding hydrogens is 324 g/mol. The summed E-state index contributed by atoms with van der Waals surface area (Å²) in [6, 6.07) is 0. The van der Waals surface area contributed by atoms with E-state index in [9.17, 15) is 30.3 Å². The highest BCUT2D eigenvalue weighted by molar-refractivity contribution is 5.87. The van der Waals surface area contributed by atoms with Gasteiger partial charge in [-0.2, -0.15) is 0 Å². The molecule has 0 aliphatic heterocycles. The van der Waals surface area contributed by atoms with E-state index in [1.165, 1.54) is 0 Å². The van der Waals surface area contributed by atoms with Gasteiger partial charge in [0.25, 0.3) is 0 Å². The largest absolute Gasteiger partial charge is 0.478 e. The number of hydrogen-bond acceptors (Lipinski definition) is 5. The number of carboxylic acid groups (broad SMARTS) is 1. The van der Waals surface area contributed by atoms with Gasteiger partial charge in [-0.3, -0.25) is 0 Å². The second kappa shape index (κ2) is 7.19. The minimum absolute atomic E-state index is 0.0228. The molecule has 0 heterocycles. The van der Waals surface area contributed by atoms with E-state index in [1.807, 2.05) is 19.1 Å². The van der Waals surface area contributed by atoms with Gasteiger partial charge in [-0.1, -0.05) is 25.2 Å². The van der Waals surface area contributed by atoms with Crippen molar-refractivity contribution in [1.82, 2.24) is 0 Å². The maximum Gasteiger partial charge on any atom is 0.333 e. The van der Waals surface area contributed by atoms with E-state index in [4.69, 9.17) is 0 Å². The lowest BCUT2D eigenvalue weighted by Crippen LogP contribution is -2.36. The lowest BCUT2D eigenvalue weighted by molar-refractivity contribution is -0.134. The van der Waals surface area contributed by atoms with Crippen molar-refractivity contribution in [3.63, 3.8) is 0 Å². The highest BCUT2D eigenvalue weighted by Crippen LogP contribution is 2.49. The monoisotopic (exact) mass is 352 g/mol. The van der Waals surface area contributed by atoms with E-state index in [2.05, 4.69) is 0 Å². The summed E-state index contributed by atoms with van der Waals surface area (Å²) in [5.74, 6) is -1.20. The third-order valence-electron chi connectivity index (χ3n) is 6.25. The molecule has 3 rings (SSSR count). The second-order valence-electron chi connectivity index (χ2n) is 8.03. The molecule has 140 valence electrons. The van der Waals surface area contributed by atoms with Crippen LogP contribution in [-0.2, 0) is 4.79 Å². The molecule has 3 aliphatic carbocycles. The Labute approximate surface area is 147 Å². The first-order valence-corrected chi connectivity index (χ1v) is 9.13. The normalized spacial score (nSPS) is 49.6. The predicted molar refractivity (Wildman–Crippen MR) is 90.5 cm³/mol. The minimum Gasteiger partial charge on any atom is -0.478 e. The highest BCUT2D eigenvalue weighted by Gasteiger charge is 2.46. The van der Waals surface area contributed by atoms with E-state index in [0.29, 0.717) is 6.42 Å². The van der Waals surface area contributed by atoms with E-state index in [1.54, 1.807) is 6.08 Å². The molecule has 0 bridgehead atoms. The van der Waals surface area contributed by atoms with Gasteiger partial charge >= 0.3 is 5.97 Å². The first-order valence-electron chi connectivity index (χ1n) is 9.13. The smallest absolute Gasteiger partial charge is 0.333 e. The van der Waals surface area contributed by atoms with E-state index < -0.39 is 30.4 Å². The molecule has 0 saturated heterocycles. The Balaban J connectivity index is 2.00. The minimum atomic E-state index is -1.27. The number of aliphatic hydroxyl groups excluding tert-OH is 4. The molecule has 3 aliphatic rings. The summed E-state index contributed by atoms with van der Waals surface area (Å²) in [6.07, 6.45) is 3.45. The molecule has 1 fully saturated rings. The van der Waals surface area contributed by atoms with E-state index in [-0.39, 0.29) is 48.0 Å². The molecule has 5 N–H and O–H groups in total. The molecule has 6 heteroatoms. The van der Waals surface area contributed by atoms with Gasteiger partial charge in [-0.05, 0) is 42.9 Å². The molecule has 9 atom stereocenters. The Morgan fingerprint density at radius 3 is 2.32 bits per heavy atom. The fourth-order valence-corrected chi connectivity index (χ4v) is 4.97. The average molecular weight is 352 g/mol. The molecule has 0 aromatic rings. The fourth-order valence-electron chi connectivity index (χ4n) is 4.97. The quantitative estimate of drug-likeness (QED) is 0.443. The van der Waals surface area contributed by atoms with Gasteiger partial charge < -0.3 is 25.5 Å². The summed E-state index contributed by atoms with van der Waals surface area (Å²) in [7, 11) is 0. The van der Waals surface area contributed by atoms with Gasteiger partial charge in [0.05, 0.1) is 30.0 Å². The average Bonchev–Trinajstić information content (AvgIpc) is 2.80. The Bertz CT molecular complexity index is 570. The van der Waals surface area contributed by atoms with Crippen molar-refractivity contribution in [2.75, 3.05) is 0 Å². The summed E-state index contributed by atoms with van der Waals surface area (Å²) >= 11 is 0. The molecule has 0 spiro atoms. The highest BCUT2D eigenvalue weighted by atomic mass is 16.4. The topological polar surface area (TPSA) is 118 Å². The van der Waals surface area contributed by atoms with Crippen LogP contribution in [0.15, 0.2) is 23.8 Å². The molecular formula is C19H28O6. The molecule has 6 nitrogen and oxygen atoms in total. The van der Waals surface area contributed by atoms with Crippen molar-refractivity contribution in [2.45, 2.75) is 57.0 Å². The van der Waals surface area contributed by atoms with Crippen LogP contribution in [-0.4, -0.2) is 55.9 Å². The van der Waals surface area contributed by atoms with Gasteiger partial charge in [0, 0.05) is 12.3 Å². The Hall–Kier alpha value is -1.21. The summed E-state index contributed by atoms with van der Waals surface area (Å²) in [6.45, 7) is 1.99. The van der Waals surface area contributed by atoms with Crippen molar-refractivity contribution in [3.05, 3.63) is 23.8 Å². The van der Waals surface area contributed by atoms with Crippen molar-refractivity contribution >= 4 is 5.97 Å². The molecule has 25 heavy (non-hydrogen) atoms. The summed E-state index contributed by atoms with van der Waals surface area (Å²) in [5, 5.41) is 50.5. The van der Waals surface area contributed by atoms with E-state index >= 15 is 0 Å². The summed E-state index contributed by atoms with van der Waals surface area (Å²) in [5.41, 5.74) is -0.0893. The van der Waals surface area contributed by atoms with Crippen LogP contribution in [0.25, 0.3) is 0 Å². The van der Waals surface area contributed by atoms with Gasteiger partial charge in [0.15, 0.2) is 0 Å². The number of aliphatic hydroxyl groups is 4. The van der Waals surface area contributed by atoms with E-state index in [0.717, 1.165) is 6.42 Å². The molecule has 0 radical (unpaired) electrons. The van der Waals surface area contributed by atoms with Crippen molar-refractivity contribution in [1.29, 1.82) is 0 Å². The van der Waals surface area contributed by atoms with Crippen LogP contribution in [0.2, 0.25) is 0 Å². The van der Waals surface area contributed by atoms with Crippen LogP contribution >= 0.6 is 0 Å². The molecule has 0 aromatic heterocycles. The van der Waals surface area contributed by atoms with Gasteiger partial charge in [0.2, 0.25) is 0 Å². The number of rotatable bonds is 1. The Morgan fingerprint density at radius 1 is 0.960 bits per heavy atom. The van der Waals surface area contributed by atoms with Crippen LogP contribution < -0.4 is 0 Å². The van der Waals surface area contributed by atoms with Crippen LogP contribution in [0.5, 0.6) is 0 Å². The number of carbonyl (C=O) groups is 1. The zero-order chi connectivity index (χ0) is 18.3. The maximum atomic E-state index is 11.7. The van der Waals surface area contributed by atoms with Crippen LogP contribution in [0.1, 0.15) is 32.6 Å². The number of fused-ring (bicyclic) bond motifs is 3. The summed E-state index contributed by atoms with van der Waals surface area (Å²) in [4.78, 5) is 11.7. The van der Waals surface area contributed by atoms with Gasteiger partial charge in [0.1, 0.15) is 0 Å². The zero-order valence-corrected chi connectivity index (χ0v) is 14.4. The Morgan fingerprint density at radius 2 is 1.64 bits per heavy atom. The van der Waals surface area contributed by atoms with Crippen LogP contribution in [0.4, 0.5) is 0 Å². The van der Waals surface area contributed by atoms with Crippen molar-refractivity contribution in [3.8, 4) is 0 Å². The molecule has 0 unspecified atom stereocenters. The number of allylic oxidation sites excluding steroid dienone is 2. The molecule has 0 aromatic carbocycles. The SMILES string of the molecule is C[C@H]1C[C@H]2[C@H](C=C[C@@H]3C[C@@H](O)C[C@@H](O)C[C@H](O)/C(C(=O)O)=C\[C@H]23)[C@H]1O. The van der Waals surface area contributed by atoms with Gasteiger partial charge in [-0.25, -0.2) is 4.79 Å². The number of hydrogen-bond donors (Lipinski definition) is 5. The van der Waals surface area contributed by atoms with Gasteiger partial charge in [-0.15, -0.1) is 0 Å². The summed E-state index contributed by atoms with van der Waals surface area (Å²) < 4.78 is 0. The fraction of sp³-hybridized carbons (Fsp3) is 0.737. The Kier molecular flexibility index (Phi) is 5.34. The van der Waals surface area contributed by atoms with Crippen LogP contribution in [0.3, 0.4) is 0 Å². The lowest BCUT2D eigenvalue weighted by Gasteiger charge is -2.37. The lowest BCUT2D eigenvalue weighted by atomic mass is 9.68. The second-order valence-corrected chi connectivity index (χ2v) is 8.03. The molecule has 1 saturated carbocycles. The first kappa shape index (κ1) is 18.6. The maximum absolute atomic E-state index is 11.7. The van der Waals surface area contributed by atoms with Crippen molar-refractivity contribution in [2.24, 2.45) is 29.6 Å².